The minimum Gasteiger partial charge on any atom is -0.352 e. The first-order chi connectivity index (χ1) is 9.29. The summed E-state index contributed by atoms with van der Waals surface area (Å²) in [6.07, 6.45) is 9.72. The number of aromatic nitrogens is 3. The molecule has 0 aliphatic heterocycles. The van der Waals surface area contributed by atoms with E-state index in [0.717, 1.165) is 12.8 Å². The molecule has 1 aliphatic rings. The number of nitrogens with zero attached hydrogens (tertiary/aromatic N) is 4. The Balaban J connectivity index is 1.85. The van der Waals surface area contributed by atoms with Gasteiger partial charge in [0, 0.05) is 6.04 Å². The van der Waals surface area contributed by atoms with E-state index in [0.29, 0.717) is 0 Å². The molecule has 0 atom stereocenters. The van der Waals surface area contributed by atoms with Gasteiger partial charge in [0.25, 0.3) is 0 Å². The fourth-order valence-electron chi connectivity index (χ4n) is 2.49. The second-order valence-corrected chi connectivity index (χ2v) is 5.00. The zero-order chi connectivity index (χ0) is 13.5. The zero-order valence-electron chi connectivity index (χ0n) is 11.0. The minimum absolute atomic E-state index is 0.0677. The normalized spacial score (nSPS) is 17.2. The number of nitrogens with one attached hydrogen (secondary N) is 1. The van der Waals surface area contributed by atoms with Crippen LogP contribution in [0.2, 0.25) is 0 Å². The van der Waals surface area contributed by atoms with Crippen molar-refractivity contribution in [3.05, 3.63) is 12.2 Å². The molecule has 0 saturated heterocycles. The highest BCUT2D eigenvalue weighted by Gasteiger charge is 2.15. The number of nitriles is 1. The van der Waals surface area contributed by atoms with Crippen molar-refractivity contribution in [2.45, 2.75) is 57.5 Å². The molecule has 0 aromatic carbocycles. The summed E-state index contributed by atoms with van der Waals surface area (Å²) in [4.78, 5) is 11.9. The number of amides is 1. The van der Waals surface area contributed by atoms with E-state index in [4.69, 9.17) is 5.26 Å². The number of carbonyl (C=O) groups is 1. The summed E-state index contributed by atoms with van der Waals surface area (Å²) in [6.45, 7) is 0.117. The molecule has 1 saturated carbocycles. The minimum atomic E-state index is -0.0677. The molecule has 1 aromatic heterocycles. The van der Waals surface area contributed by atoms with Gasteiger partial charge in [-0.25, -0.2) is 0 Å². The number of hydrogen-bond acceptors (Lipinski definition) is 4. The van der Waals surface area contributed by atoms with Gasteiger partial charge in [0.15, 0.2) is 0 Å². The monoisotopic (exact) mass is 261 g/mol. The molecular weight excluding hydrogens is 242 g/mol. The largest absolute Gasteiger partial charge is 0.352 e. The third-order valence-corrected chi connectivity index (χ3v) is 3.50. The summed E-state index contributed by atoms with van der Waals surface area (Å²) < 4.78 is 1.47. The van der Waals surface area contributed by atoms with Crippen molar-refractivity contribution >= 4 is 5.91 Å². The number of carbonyl (C=O) groups excluding carboxylic acids is 1. The van der Waals surface area contributed by atoms with Crippen molar-refractivity contribution in [3.63, 3.8) is 0 Å². The molecule has 102 valence electrons. The van der Waals surface area contributed by atoms with Crippen molar-refractivity contribution in [1.29, 1.82) is 5.26 Å². The predicted octanol–water partition coefficient (Wildman–Crippen LogP) is 1.38. The summed E-state index contributed by atoms with van der Waals surface area (Å²) >= 11 is 0. The first-order valence-corrected chi connectivity index (χ1v) is 6.87. The Labute approximate surface area is 112 Å². The summed E-state index contributed by atoms with van der Waals surface area (Å²) in [5, 5.41) is 19.1. The summed E-state index contributed by atoms with van der Waals surface area (Å²) in [7, 11) is 0. The van der Waals surface area contributed by atoms with Crippen LogP contribution in [0.25, 0.3) is 0 Å². The van der Waals surface area contributed by atoms with E-state index in [1.54, 1.807) is 0 Å². The van der Waals surface area contributed by atoms with E-state index in [1.807, 2.05) is 6.07 Å². The lowest BCUT2D eigenvalue weighted by Crippen LogP contribution is -2.37. The lowest BCUT2D eigenvalue weighted by atomic mass is 9.97. The van der Waals surface area contributed by atoms with E-state index in [9.17, 15) is 4.79 Å². The SMILES string of the molecule is N#Cc1nncn1CC(=O)NC1CCCCCCC1. The highest BCUT2D eigenvalue weighted by Crippen LogP contribution is 2.17. The molecule has 6 nitrogen and oxygen atoms in total. The Morgan fingerprint density at radius 2 is 2.05 bits per heavy atom. The van der Waals surface area contributed by atoms with E-state index in [2.05, 4.69) is 15.5 Å². The van der Waals surface area contributed by atoms with Crippen LogP contribution in [0.4, 0.5) is 0 Å². The van der Waals surface area contributed by atoms with Gasteiger partial charge in [-0.1, -0.05) is 32.1 Å². The Bertz CT molecular complexity index is 454. The maximum absolute atomic E-state index is 11.9. The van der Waals surface area contributed by atoms with Crippen LogP contribution >= 0.6 is 0 Å². The third-order valence-electron chi connectivity index (χ3n) is 3.50. The van der Waals surface area contributed by atoms with E-state index in [1.165, 1.54) is 43.0 Å². The van der Waals surface area contributed by atoms with E-state index >= 15 is 0 Å². The molecule has 1 aromatic rings. The second kappa shape index (κ2) is 6.88. The molecule has 1 aliphatic carbocycles. The van der Waals surface area contributed by atoms with Gasteiger partial charge in [-0.2, -0.15) is 5.26 Å². The van der Waals surface area contributed by atoms with Gasteiger partial charge in [-0.15, -0.1) is 10.2 Å². The van der Waals surface area contributed by atoms with Crippen molar-refractivity contribution in [1.82, 2.24) is 20.1 Å². The van der Waals surface area contributed by atoms with Gasteiger partial charge in [-0.05, 0) is 12.8 Å². The Hall–Kier alpha value is -1.90. The fraction of sp³-hybridized carbons (Fsp3) is 0.692. The molecule has 1 fully saturated rings. The Morgan fingerprint density at radius 3 is 2.74 bits per heavy atom. The molecule has 1 N–H and O–H groups in total. The van der Waals surface area contributed by atoms with E-state index < -0.39 is 0 Å². The van der Waals surface area contributed by atoms with Crippen LogP contribution in [0, 0.1) is 11.3 Å². The van der Waals surface area contributed by atoms with Gasteiger partial charge in [0.2, 0.25) is 11.7 Å². The Kier molecular flexibility index (Phi) is 4.90. The molecule has 1 amide bonds. The molecule has 19 heavy (non-hydrogen) atoms. The first kappa shape index (κ1) is 13.5. The number of hydrogen-bond donors (Lipinski definition) is 1. The quantitative estimate of drug-likeness (QED) is 0.890. The van der Waals surface area contributed by atoms with Crippen LogP contribution in [-0.2, 0) is 11.3 Å². The molecule has 0 radical (unpaired) electrons. The maximum Gasteiger partial charge on any atom is 0.240 e. The van der Waals surface area contributed by atoms with Crippen molar-refractivity contribution < 1.29 is 4.79 Å². The molecule has 6 heteroatoms. The fourth-order valence-corrected chi connectivity index (χ4v) is 2.49. The highest BCUT2D eigenvalue weighted by molar-refractivity contribution is 5.76. The second-order valence-electron chi connectivity index (χ2n) is 5.00. The van der Waals surface area contributed by atoms with Crippen LogP contribution in [0.3, 0.4) is 0 Å². The van der Waals surface area contributed by atoms with Crippen LogP contribution in [0.15, 0.2) is 6.33 Å². The van der Waals surface area contributed by atoms with Gasteiger partial charge < -0.3 is 5.32 Å². The topological polar surface area (TPSA) is 83.6 Å². The standard InChI is InChI=1S/C13H19N5O/c14-8-12-17-15-10-18(12)9-13(19)16-11-6-4-2-1-3-5-7-11/h10-11H,1-7,9H2,(H,16,19). The van der Waals surface area contributed by atoms with Gasteiger partial charge in [-0.3, -0.25) is 9.36 Å². The summed E-state index contributed by atoms with van der Waals surface area (Å²) in [6, 6.07) is 2.19. The maximum atomic E-state index is 11.9. The van der Waals surface area contributed by atoms with E-state index in [-0.39, 0.29) is 24.3 Å². The zero-order valence-corrected chi connectivity index (χ0v) is 11.0. The molecule has 2 rings (SSSR count). The molecule has 0 spiro atoms. The van der Waals surface area contributed by atoms with Crippen molar-refractivity contribution in [3.8, 4) is 6.07 Å². The van der Waals surface area contributed by atoms with Crippen molar-refractivity contribution in [2.24, 2.45) is 0 Å². The molecular formula is C13H19N5O. The average molecular weight is 261 g/mol. The molecule has 0 unspecified atom stereocenters. The van der Waals surface area contributed by atoms with Gasteiger partial charge >= 0.3 is 0 Å². The average Bonchev–Trinajstić information content (AvgIpc) is 2.79. The highest BCUT2D eigenvalue weighted by atomic mass is 16.2. The lowest BCUT2D eigenvalue weighted by molar-refractivity contribution is -0.122. The van der Waals surface area contributed by atoms with Gasteiger partial charge in [0.1, 0.15) is 18.9 Å². The van der Waals surface area contributed by atoms with Crippen LogP contribution in [0.5, 0.6) is 0 Å². The van der Waals surface area contributed by atoms with Crippen LogP contribution in [-0.4, -0.2) is 26.7 Å². The number of rotatable bonds is 3. The third kappa shape index (κ3) is 4.05. The van der Waals surface area contributed by atoms with Crippen molar-refractivity contribution in [2.75, 3.05) is 0 Å². The van der Waals surface area contributed by atoms with Crippen LogP contribution in [0.1, 0.15) is 50.8 Å². The predicted molar refractivity (Wildman–Crippen MR) is 69.0 cm³/mol. The van der Waals surface area contributed by atoms with Gasteiger partial charge in [0.05, 0.1) is 0 Å². The lowest BCUT2D eigenvalue weighted by Gasteiger charge is -2.21. The molecule has 0 bridgehead atoms. The first-order valence-electron chi connectivity index (χ1n) is 6.87. The molecule has 1 heterocycles. The van der Waals surface area contributed by atoms with Crippen LogP contribution < -0.4 is 5.32 Å². The summed E-state index contributed by atoms with van der Waals surface area (Å²) in [5.74, 6) is 0.106. The Morgan fingerprint density at radius 1 is 1.37 bits per heavy atom. The summed E-state index contributed by atoms with van der Waals surface area (Å²) in [5.41, 5.74) is 0. The smallest absolute Gasteiger partial charge is 0.240 e.